The molecule has 0 aliphatic carbocycles. The molecule has 0 heterocycles. The maximum Gasteiger partial charge on any atom is 0.108 e. The maximum absolute atomic E-state index is 9.66. The highest BCUT2D eigenvalue weighted by Gasteiger charge is 2.26. The zero-order valence-electron chi connectivity index (χ0n) is 7.25. The van der Waals surface area contributed by atoms with E-state index < -0.39 is 11.7 Å². The monoisotopic (exact) mass is 157 g/mol. The Labute approximate surface area is 68.6 Å². The van der Waals surface area contributed by atoms with Gasteiger partial charge in [0, 0.05) is 0 Å². The predicted octanol–water partition coefficient (Wildman–Crippen LogP) is 1.29. The van der Waals surface area contributed by atoms with Crippen LogP contribution in [0.25, 0.3) is 0 Å². The number of rotatable bonds is 4. The van der Waals surface area contributed by atoms with Crippen LogP contribution in [-0.4, -0.2) is 21.9 Å². The summed E-state index contributed by atoms with van der Waals surface area (Å²) in [7, 11) is 0. The fraction of sp³-hybridized carbons (Fsp3) is 0.667. The van der Waals surface area contributed by atoms with Gasteiger partial charge in [0.1, 0.15) is 5.60 Å². The van der Waals surface area contributed by atoms with Gasteiger partial charge in [-0.05, 0) is 26.7 Å². The number of aliphatic hydroxyl groups excluding tert-OH is 1. The van der Waals surface area contributed by atoms with Crippen molar-refractivity contribution in [1.29, 1.82) is 0 Å². The first-order chi connectivity index (χ1) is 5.06. The van der Waals surface area contributed by atoms with Gasteiger partial charge in [-0.2, -0.15) is 0 Å². The minimum atomic E-state index is -1.07. The zero-order valence-corrected chi connectivity index (χ0v) is 7.25. The van der Waals surface area contributed by atoms with Crippen molar-refractivity contribution in [2.45, 2.75) is 38.4 Å². The highest BCUT2D eigenvalue weighted by atomic mass is 16.3. The van der Waals surface area contributed by atoms with Crippen LogP contribution in [0.3, 0.4) is 0 Å². The van der Waals surface area contributed by atoms with Crippen molar-refractivity contribution in [3.63, 3.8) is 0 Å². The second-order valence-corrected chi connectivity index (χ2v) is 2.71. The van der Waals surface area contributed by atoms with Crippen LogP contribution < -0.4 is 0 Å². The summed E-state index contributed by atoms with van der Waals surface area (Å²) < 4.78 is 0. The molecular weight excluding hydrogens is 140 g/mol. The molecule has 0 fully saturated rings. The molecule has 0 bridgehead atoms. The molecule has 2 nitrogen and oxygen atoms in total. The average Bonchev–Trinajstić information content (AvgIpc) is 2.00. The summed E-state index contributed by atoms with van der Waals surface area (Å²) in [6.45, 7) is 7.02. The topological polar surface area (TPSA) is 40.5 Å². The quantitative estimate of drug-likeness (QED) is 0.604. The van der Waals surface area contributed by atoms with Crippen molar-refractivity contribution in [1.82, 2.24) is 0 Å². The summed E-state index contributed by atoms with van der Waals surface area (Å²) in [5.41, 5.74) is -1.07. The Bertz CT molecular complexity index is 130. The molecule has 0 aromatic carbocycles. The summed E-state index contributed by atoms with van der Waals surface area (Å²) in [6.07, 6.45) is 3.80. The first kappa shape index (κ1) is 10.7. The minimum absolute atomic E-state index is 0.515. The Morgan fingerprint density at radius 3 is 2.45 bits per heavy atom. The molecule has 0 aromatic heterocycles. The third-order valence-corrected chi connectivity index (χ3v) is 1.86. The smallest absolute Gasteiger partial charge is 0.108 e. The van der Waals surface area contributed by atoms with E-state index in [1.165, 1.54) is 0 Å². The predicted molar refractivity (Wildman–Crippen MR) is 46.0 cm³/mol. The van der Waals surface area contributed by atoms with Gasteiger partial charge in [-0.3, -0.25) is 0 Å². The molecule has 0 aromatic rings. The van der Waals surface area contributed by atoms with Crippen molar-refractivity contribution >= 4 is 0 Å². The van der Waals surface area contributed by atoms with E-state index in [0.29, 0.717) is 12.8 Å². The van der Waals surface area contributed by atoms with Gasteiger partial charge in [0.15, 0.2) is 0 Å². The van der Waals surface area contributed by atoms with Crippen LogP contribution in [0.15, 0.2) is 12.2 Å². The molecule has 0 saturated heterocycles. The fourth-order valence-corrected chi connectivity index (χ4v) is 0.840. The third kappa shape index (κ3) is 3.04. The second kappa shape index (κ2) is 4.52. The number of aliphatic hydroxyl groups is 2. The summed E-state index contributed by atoms with van der Waals surface area (Å²) in [6, 6.07) is 0. The third-order valence-electron chi connectivity index (χ3n) is 1.86. The normalized spacial score (nSPS) is 20.1. The van der Waals surface area contributed by atoms with Crippen LogP contribution in [0.5, 0.6) is 0 Å². The van der Waals surface area contributed by atoms with Crippen LogP contribution in [-0.2, 0) is 0 Å². The Morgan fingerprint density at radius 2 is 2.18 bits per heavy atom. The van der Waals surface area contributed by atoms with E-state index in [-0.39, 0.29) is 0 Å². The molecule has 2 unspecified atom stereocenters. The van der Waals surface area contributed by atoms with E-state index in [4.69, 9.17) is 0 Å². The summed E-state index contributed by atoms with van der Waals surface area (Å²) >= 11 is 0. The molecule has 0 spiro atoms. The van der Waals surface area contributed by atoms with Gasteiger partial charge >= 0.3 is 0 Å². The lowest BCUT2D eigenvalue weighted by molar-refractivity contribution is -0.0316. The standard InChI is InChI=1S/C9H17O2/c1-4-6-7-9(11,5-2)8(3)10/h6-8,10-11H,1,4-5H2,2-3H3. The summed E-state index contributed by atoms with van der Waals surface area (Å²) in [5.74, 6) is 0. The molecule has 11 heavy (non-hydrogen) atoms. The molecule has 0 aliphatic heterocycles. The maximum atomic E-state index is 9.66. The van der Waals surface area contributed by atoms with Gasteiger partial charge in [-0.1, -0.05) is 19.1 Å². The van der Waals surface area contributed by atoms with Crippen LogP contribution in [0.2, 0.25) is 0 Å². The molecule has 2 N–H and O–H groups in total. The molecule has 0 amide bonds. The lowest BCUT2D eigenvalue weighted by atomic mass is 9.94. The highest BCUT2D eigenvalue weighted by Crippen LogP contribution is 2.16. The Balaban J connectivity index is 4.21. The van der Waals surface area contributed by atoms with E-state index >= 15 is 0 Å². The van der Waals surface area contributed by atoms with Gasteiger partial charge in [0.25, 0.3) is 0 Å². The van der Waals surface area contributed by atoms with Gasteiger partial charge < -0.3 is 10.2 Å². The Kier molecular flexibility index (Phi) is 4.38. The van der Waals surface area contributed by atoms with Gasteiger partial charge in [-0.25, -0.2) is 0 Å². The largest absolute Gasteiger partial charge is 0.390 e. The van der Waals surface area contributed by atoms with E-state index in [2.05, 4.69) is 6.92 Å². The highest BCUT2D eigenvalue weighted by molar-refractivity contribution is 5.03. The number of hydrogen-bond donors (Lipinski definition) is 2. The molecule has 2 heteroatoms. The second-order valence-electron chi connectivity index (χ2n) is 2.71. The van der Waals surface area contributed by atoms with Crippen LogP contribution in [0, 0.1) is 6.92 Å². The fourth-order valence-electron chi connectivity index (χ4n) is 0.840. The number of hydrogen-bond acceptors (Lipinski definition) is 2. The van der Waals surface area contributed by atoms with E-state index in [1.54, 1.807) is 19.1 Å². The van der Waals surface area contributed by atoms with E-state index in [1.807, 2.05) is 6.92 Å². The SMILES string of the molecule is [CH2]CC=CC(O)(CC)C(C)O. The molecule has 1 radical (unpaired) electrons. The molecule has 65 valence electrons. The van der Waals surface area contributed by atoms with Gasteiger partial charge in [0.05, 0.1) is 6.10 Å². The lowest BCUT2D eigenvalue weighted by Crippen LogP contribution is -2.37. The summed E-state index contributed by atoms with van der Waals surface area (Å²) in [4.78, 5) is 0. The molecule has 2 atom stereocenters. The van der Waals surface area contributed by atoms with Crippen LogP contribution in [0.4, 0.5) is 0 Å². The van der Waals surface area contributed by atoms with Crippen molar-refractivity contribution in [2.75, 3.05) is 0 Å². The first-order valence-electron chi connectivity index (χ1n) is 3.94. The molecule has 0 rings (SSSR count). The van der Waals surface area contributed by atoms with Gasteiger partial charge in [0.2, 0.25) is 0 Å². The zero-order chi connectivity index (χ0) is 8.91. The Hall–Kier alpha value is -0.340. The number of allylic oxidation sites excluding steroid dienone is 1. The molecule has 0 aliphatic rings. The van der Waals surface area contributed by atoms with E-state index in [9.17, 15) is 10.2 Å². The first-order valence-corrected chi connectivity index (χ1v) is 3.94. The lowest BCUT2D eigenvalue weighted by Gasteiger charge is -2.25. The van der Waals surface area contributed by atoms with E-state index in [0.717, 1.165) is 0 Å². The van der Waals surface area contributed by atoms with Crippen LogP contribution >= 0.6 is 0 Å². The van der Waals surface area contributed by atoms with Crippen molar-refractivity contribution < 1.29 is 10.2 Å². The molecule has 0 saturated carbocycles. The minimum Gasteiger partial charge on any atom is -0.390 e. The molecular formula is C9H17O2. The van der Waals surface area contributed by atoms with Crippen molar-refractivity contribution in [2.24, 2.45) is 0 Å². The van der Waals surface area contributed by atoms with Crippen molar-refractivity contribution in [3.8, 4) is 0 Å². The summed E-state index contributed by atoms with van der Waals surface area (Å²) in [5, 5.41) is 18.8. The average molecular weight is 157 g/mol. The van der Waals surface area contributed by atoms with Gasteiger partial charge in [-0.15, -0.1) is 0 Å². The van der Waals surface area contributed by atoms with Crippen LogP contribution in [0.1, 0.15) is 26.7 Å². The van der Waals surface area contributed by atoms with Crippen molar-refractivity contribution in [3.05, 3.63) is 19.1 Å². The Morgan fingerprint density at radius 1 is 1.64 bits per heavy atom.